The van der Waals surface area contributed by atoms with Crippen LogP contribution >= 0.6 is 22.9 Å². The van der Waals surface area contributed by atoms with Gasteiger partial charge in [0.15, 0.2) is 0 Å². The molecule has 0 spiro atoms. The van der Waals surface area contributed by atoms with Crippen LogP contribution in [0.3, 0.4) is 0 Å². The van der Waals surface area contributed by atoms with Gasteiger partial charge in [-0.3, -0.25) is 9.59 Å². The first-order chi connectivity index (χ1) is 13.8. The minimum Gasteiger partial charge on any atom is -0.341 e. The molecule has 2 aliphatic heterocycles. The second-order valence-electron chi connectivity index (χ2n) is 7.41. The normalized spacial score (nSPS) is 20.6. The first-order valence-corrected chi connectivity index (χ1v) is 12.3. The molecule has 1 N–H and O–H groups in total. The lowest BCUT2D eigenvalue weighted by Gasteiger charge is -2.33. The van der Waals surface area contributed by atoms with Gasteiger partial charge in [-0.05, 0) is 49.3 Å². The molecule has 2 aromatic rings. The molecule has 2 aliphatic rings. The van der Waals surface area contributed by atoms with E-state index in [4.69, 9.17) is 11.6 Å². The summed E-state index contributed by atoms with van der Waals surface area (Å²) >= 11 is 7.31. The van der Waals surface area contributed by atoms with Gasteiger partial charge in [0.25, 0.3) is 0 Å². The highest BCUT2D eigenvalue weighted by molar-refractivity contribution is 7.89. The highest BCUT2D eigenvalue weighted by Crippen LogP contribution is 2.31. The van der Waals surface area contributed by atoms with Crippen LogP contribution in [0, 0.1) is 0 Å². The van der Waals surface area contributed by atoms with Gasteiger partial charge in [-0.2, -0.15) is 4.72 Å². The van der Waals surface area contributed by atoms with Crippen LogP contribution < -0.4 is 4.72 Å². The Hall–Kier alpha value is -1.68. The number of fused-ring (bicyclic) bond motifs is 1. The van der Waals surface area contributed by atoms with Crippen molar-refractivity contribution >= 4 is 54.9 Å². The molecule has 1 atom stereocenters. The first-order valence-electron chi connectivity index (χ1n) is 9.61. The van der Waals surface area contributed by atoms with Crippen molar-refractivity contribution in [1.29, 1.82) is 0 Å². The van der Waals surface area contributed by atoms with E-state index in [1.54, 1.807) is 23.1 Å². The first kappa shape index (κ1) is 20.6. The summed E-state index contributed by atoms with van der Waals surface area (Å²) in [6, 6.07) is 5.70. The highest BCUT2D eigenvalue weighted by atomic mass is 35.5. The third kappa shape index (κ3) is 4.42. The molecule has 2 amide bonds. The number of nitrogens with zero attached hydrogens (tertiary/aromatic N) is 2. The van der Waals surface area contributed by atoms with E-state index in [-0.39, 0.29) is 23.3 Å². The number of hydrogen-bond donors (Lipinski definition) is 1. The summed E-state index contributed by atoms with van der Waals surface area (Å²) in [5, 5.41) is 0.874. The van der Waals surface area contributed by atoms with Crippen LogP contribution in [-0.2, 0) is 19.6 Å². The monoisotopic (exact) mass is 455 g/mol. The van der Waals surface area contributed by atoms with Gasteiger partial charge in [0.2, 0.25) is 21.8 Å². The van der Waals surface area contributed by atoms with Crippen LogP contribution in [0.5, 0.6) is 0 Å². The van der Waals surface area contributed by atoms with Crippen molar-refractivity contribution in [2.75, 3.05) is 26.2 Å². The number of benzene rings is 1. The standard InChI is InChI=1S/C19H22ClN3O4S2/c20-17-10-13-5-6-14(11-16(13)28-17)29(26,27)21-15-4-3-9-23(19(15)25)12-18(24)22-7-1-2-8-22/h5-6,10-11,15,21H,1-4,7-9,12H2. The molecule has 2 fully saturated rings. The predicted molar refractivity (Wildman–Crippen MR) is 113 cm³/mol. The number of nitrogens with one attached hydrogen (secondary N) is 1. The molecule has 1 unspecified atom stereocenters. The molecule has 2 saturated heterocycles. The maximum absolute atomic E-state index is 12.8. The molecular weight excluding hydrogens is 434 g/mol. The minimum atomic E-state index is -3.87. The van der Waals surface area contributed by atoms with Crippen molar-refractivity contribution in [3.05, 3.63) is 28.6 Å². The molecule has 4 rings (SSSR count). The largest absolute Gasteiger partial charge is 0.341 e. The highest BCUT2D eigenvalue weighted by Gasteiger charge is 2.34. The summed E-state index contributed by atoms with van der Waals surface area (Å²) in [7, 11) is -3.87. The third-order valence-electron chi connectivity index (χ3n) is 5.38. The topological polar surface area (TPSA) is 86.8 Å². The zero-order chi connectivity index (χ0) is 20.6. The van der Waals surface area contributed by atoms with E-state index in [9.17, 15) is 18.0 Å². The van der Waals surface area contributed by atoms with Crippen molar-refractivity contribution in [3.8, 4) is 0 Å². The number of amides is 2. The average molecular weight is 456 g/mol. The van der Waals surface area contributed by atoms with E-state index in [0.717, 1.165) is 36.0 Å². The van der Waals surface area contributed by atoms with Crippen LogP contribution in [0.1, 0.15) is 25.7 Å². The summed E-state index contributed by atoms with van der Waals surface area (Å²) in [6.45, 7) is 1.94. The van der Waals surface area contributed by atoms with Crippen molar-refractivity contribution in [3.63, 3.8) is 0 Å². The van der Waals surface area contributed by atoms with Crippen LogP contribution in [0.15, 0.2) is 29.2 Å². The maximum atomic E-state index is 12.8. The Bertz CT molecular complexity index is 1050. The van der Waals surface area contributed by atoms with Crippen LogP contribution in [-0.4, -0.2) is 62.3 Å². The average Bonchev–Trinajstić information content (AvgIpc) is 3.32. The zero-order valence-electron chi connectivity index (χ0n) is 15.8. The fourth-order valence-corrected chi connectivity index (χ4v) is 6.36. The lowest BCUT2D eigenvalue weighted by Crippen LogP contribution is -2.54. The molecular formula is C19H22ClN3O4S2. The van der Waals surface area contributed by atoms with Crippen molar-refractivity contribution in [1.82, 2.24) is 14.5 Å². The molecule has 0 aliphatic carbocycles. The van der Waals surface area contributed by atoms with Gasteiger partial charge in [-0.15, -0.1) is 11.3 Å². The number of carbonyl (C=O) groups is 2. The van der Waals surface area contributed by atoms with Gasteiger partial charge in [0.05, 0.1) is 15.8 Å². The summed E-state index contributed by atoms with van der Waals surface area (Å²) in [4.78, 5) is 28.5. The number of likely N-dealkylation sites (tertiary alicyclic amines) is 2. The van der Waals surface area contributed by atoms with Gasteiger partial charge in [0.1, 0.15) is 6.04 Å². The van der Waals surface area contributed by atoms with Gasteiger partial charge in [-0.1, -0.05) is 17.7 Å². The molecule has 1 aromatic carbocycles. The predicted octanol–water partition coefficient (Wildman–Crippen LogP) is 2.45. The number of hydrogen-bond acceptors (Lipinski definition) is 5. The Morgan fingerprint density at radius 3 is 2.69 bits per heavy atom. The Labute approximate surface area is 178 Å². The molecule has 7 nitrogen and oxygen atoms in total. The van der Waals surface area contributed by atoms with Crippen molar-refractivity contribution in [2.45, 2.75) is 36.6 Å². The maximum Gasteiger partial charge on any atom is 0.242 e. The molecule has 29 heavy (non-hydrogen) atoms. The zero-order valence-corrected chi connectivity index (χ0v) is 18.2. The number of sulfonamides is 1. The molecule has 0 saturated carbocycles. The fraction of sp³-hybridized carbons (Fsp3) is 0.474. The van der Waals surface area contributed by atoms with Gasteiger partial charge >= 0.3 is 0 Å². The summed E-state index contributed by atoms with van der Waals surface area (Å²) in [5.74, 6) is -0.410. The van der Waals surface area contributed by atoms with Gasteiger partial charge in [0, 0.05) is 24.3 Å². The number of thiophene rings is 1. The van der Waals surface area contributed by atoms with E-state index in [1.165, 1.54) is 22.3 Å². The lowest BCUT2D eigenvalue weighted by molar-refractivity contribution is -0.142. The van der Waals surface area contributed by atoms with E-state index in [1.807, 2.05) is 0 Å². The smallest absolute Gasteiger partial charge is 0.242 e. The Morgan fingerprint density at radius 1 is 1.17 bits per heavy atom. The SMILES string of the molecule is O=C(CN1CCCC(NS(=O)(=O)c2ccc3cc(Cl)sc3c2)C1=O)N1CCCC1. The van der Waals surface area contributed by atoms with E-state index in [0.29, 0.717) is 23.7 Å². The quantitative estimate of drug-likeness (QED) is 0.750. The molecule has 1 aromatic heterocycles. The summed E-state index contributed by atoms with van der Waals surface area (Å²) in [6.07, 6.45) is 3.04. The summed E-state index contributed by atoms with van der Waals surface area (Å²) < 4.78 is 29.6. The number of piperidine rings is 1. The minimum absolute atomic E-state index is 0.0106. The number of rotatable bonds is 5. The number of halogens is 1. The second-order valence-corrected chi connectivity index (χ2v) is 10.8. The van der Waals surface area contributed by atoms with E-state index >= 15 is 0 Å². The van der Waals surface area contributed by atoms with Gasteiger partial charge < -0.3 is 9.80 Å². The molecule has 0 radical (unpaired) electrons. The summed E-state index contributed by atoms with van der Waals surface area (Å²) in [5.41, 5.74) is 0. The number of carbonyl (C=O) groups excluding carboxylic acids is 2. The van der Waals surface area contributed by atoms with E-state index < -0.39 is 16.1 Å². The molecule has 156 valence electrons. The van der Waals surface area contributed by atoms with Crippen LogP contribution in [0.25, 0.3) is 10.1 Å². The van der Waals surface area contributed by atoms with E-state index in [2.05, 4.69) is 4.72 Å². The van der Waals surface area contributed by atoms with Crippen molar-refractivity contribution < 1.29 is 18.0 Å². The Balaban J connectivity index is 1.46. The second kappa shape index (κ2) is 8.22. The lowest BCUT2D eigenvalue weighted by atomic mass is 10.1. The fourth-order valence-electron chi connectivity index (χ4n) is 3.84. The van der Waals surface area contributed by atoms with Gasteiger partial charge in [-0.25, -0.2) is 8.42 Å². The molecule has 10 heteroatoms. The van der Waals surface area contributed by atoms with Crippen LogP contribution in [0.4, 0.5) is 0 Å². The van der Waals surface area contributed by atoms with Crippen LogP contribution in [0.2, 0.25) is 4.34 Å². The molecule has 3 heterocycles. The Morgan fingerprint density at radius 2 is 1.93 bits per heavy atom. The third-order valence-corrected chi connectivity index (χ3v) is 8.08. The van der Waals surface area contributed by atoms with Crippen molar-refractivity contribution in [2.24, 2.45) is 0 Å². The molecule has 0 bridgehead atoms. The Kier molecular flexibility index (Phi) is 5.83.